The summed E-state index contributed by atoms with van der Waals surface area (Å²) in [5, 5.41) is 3.04. The lowest BCUT2D eigenvalue weighted by Crippen LogP contribution is -2.41. The quantitative estimate of drug-likeness (QED) is 0.875. The summed E-state index contributed by atoms with van der Waals surface area (Å²) in [5.74, 6) is 1.66. The second-order valence-corrected chi connectivity index (χ2v) is 6.47. The molecule has 0 saturated carbocycles. The first-order valence-electron chi connectivity index (χ1n) is 8.29. The number of methoxy groups -OCH3 is 1. The third-order valence-corrected chi connectivity index (χ3v) is 4.05. The summed E-state index contributed by atoms with van der Waals surface area (Å²) < 4.78 is 11.1. The Morgan fingerprint density at radius 2 is 2.17 bits per heavy atom. The van der Waals surface area contributed by atoms with Crippen LogP contribution in [0.5, 0.6) is 11.5 Å². The highest BCUT2D eigenvalue weighted by Gasteiger charge is 2.23. The lowest BCUT2D eigenvalue weighted by atomic mass is 9.97. The van der Waals surface area contributed by atoms with Crippen LogP contribution in [-0.4, -0.2) is 44.2 Å². The molecule has 1 aromatic carbocycles. The molecule has 0 spiro atoms. The van der Waals surface area contributed by atoms with E-state index in [9.17, 15) is 4.79 Å². The van der Waals surface area contributed by atoms with Crippen molar-refractivity contribution in [2.24, 2.45) is 5.92 Å². The highest BCUT2D eigenvalue weighted by Crippen LogP contribution is 2.29. The third-order valence-electron chi connectivity index (χ3n) is 4.05. The summed E-state index contributed by atoms with van der Waals surface area (Å²) >= 11 is 0. The van der Waals surface area contributed by atoms with Crippen LogP contribution in [0.25, 0.3) is 0 Å². The van der Waals surface area contributed by atoms with Crippen molar-refractivity contribution in [2.75, 3.05) is 27.2 Å². The molecule has 2 rings (SSSR count). The highest BCUT2D eigenvalue weighted by atomic mass is 16.5. The van der Waals surface area contributed by atoms with Gasteiger partial charge >= 0.3 is 0 Å². The van der Waals surface area contributed by atoms with E-state index in [1.165, 1.54) is 0 Å². The van der Waals surface area contributed by atoms with E-state index in [-0.39, 0.29) is 17.9 Å². The van der Waals surface area contributed by atoms with Crippen LogP contribution < -0.4 is 14.8 Å². The number of likely N-dealkylation sites (tertiary alicyclic amines) is 1. The van der Waals surface area contributed by atoms with E-state index in [2.05, 4.69) is 17.3 Å². The molecule has 1 aliphatic heterocycles. The minimum absolute atomic E-state index is 0.0951. The molecule has 1 heterocycles. The Balaban J connectivity index is 1.93. The van der Waals surface area contributed by atoms with E-state index in [4.69, 9.17) is 9.47 Å². The molecule has 23 heavy (non-hydrogen) atoms. The van der Waals surface area contributed by atoms with Gasteiger partial charge in [-0.1, -0.05) is 6.07 Å². The zero-order valence-corrected chi connectivity index (χ0v) is 14.6. The number of benzene rings is 1. The average molecular weight is 320 g/mol. The fraction of sp³-hybridized carbons (Fsp3) is 0.611. The Bertz CT molecular complexity index is 531. The second kappa shape index (κ2) is 8.20. The van der Waals surface area contributed by atoms with Gasteiger partial charge in [0.2, 0.25) is 5.91 Å². The predicted molar refractivity (Wildman–Crippen MR) is 90.8 cm³/mol. The summed E-state index contributed by atoms with van der Waals surface area (Å²) in [5.41, 5.74) is 1.01. The molecule has 1 fully saturated rings. The first kappa shape index (κ1) is 17.6. The van der Waals surface area contributed by atoms with Gasteiger partial charge in [-0.3, -0.25) is 4.79 Å². The minimum atomic E-state index is 0.0951. The lowest BCUT2D eigenvalue weighted by molar-refractivity contribution is -0.126. The average Bonchev–Trinajstić information content (AvgIpc) is 2.53. The Kier molecular flexibility index (Phi) is 6.28. The van der Waals surface area contributed by atoms with Gasteiger partial charge in [-0.15, -0.1) is 0 Å². The molecule has 128 valence electrons. The zero-order chi connectivity index (χ0) is 16.8. The van der Waals surface area contributed by atoms with Crippen molar-refractivity contribution in [3.8, 4) is 11.5 Å². The van der Waals surface area contributed by atoms with Crippen molar-refractivity contribution >= 4 is 5.91 Å². The number of nitrogens with zero attached hydrogens (tertiary/aromatic N) is 1. The van der Waals surface area contributed by atoms with E-state index in [0.717, 1.165) is 37.2 Å². The molecule has 5 heteroatoms. The fourth-order valence-corrected chi connectivity index (χ4v) is 2.89. The molecule has 1 aliphatic rings. The number of nitrogens with one attached hydrogen (secondary N) is 1. The molecule has 1 N–H and O–H groups in total. The van der Waals surface area contributed by atoms with Gasteiger partial charge in [0.05, 0.1) is 19.1 Å². The van der Waals surface area contributed by atoms with Gasteiger partial charge in [0, 0.05) is 13.1 Å². The van der Waals surface area contributed by atoms with Gasteiger partial charge in [0.1, 0.15) is 0 Å². The number of ether oxygens (including phenoxy) is 2. The lowest BCUT2D eigenvalue weighted by Gasteiger charge is -2.28. The number of carbonyl (C=O) groups excluding carboxylic acids is 1. The van der Waals surface area contributed by atoms with Gasteiger partial charge < -0.3 is 19.7 Å². The summed E-state index contributed by atoms with van der Waals surface area (Å²) in [6.07, 6.45) is 2.15. The topological polar surface area (TPSA) is 50.8 Å². The van der Waals surface area contributed by atoms with Crippen molar-refractivity contribution in [1.29, 1.82) is 0 Å². The third kappa shape index (κ3) is 5.13. The molecule has 1 aromatic rings. The van der Waals surface area contributed by atoms with Gasteiger partial charge in [0.15, 0.2) is 11.5 Å². The predicted octanol–water partition coefficient (Wildman–Crippen LogP) is 2.44. The van der Waals surface area contributed by atoms with Crippen LogP contribution in [0.2, 0.25) is 0 Å². The largest absolute Gasteiger partial charge is 0.493 e. The van der Waals surface area contributed by atoms with Crippen LogP contribution in [0.4, 0.5) is 0 Å². The maximum atomic E-state index is 12.3. The zero-order valence-electron chi connectivity index (χ0n) is 14.6. The Hall–Kier alpha value is -1.75. The van der Waals surface area contributed by atoms with Crippen molar-refractivity contribution in [3.63, 3.8) is 0 Å². The van der Waals surface area contributed by atoms with Gasteiger partial charge in [-0.25, -0.2) is 0 Å². The standard InChI is InChI=1S/C18H28N2O3/c1-13(2)23-16-8-7-14(10-17(16)22-4)11-19-18(21)15-6-5-9-20(3)12-15/h7-8,10,13,15H,5-6,9,11-12H2,1-4H3,(H,19,21)/t15-/m1/s1. The van der Waals surface area contributed by atoms with E-state index in [1.807, 2.05) is 32.0 Å². The molecule has 0 aromatic heterocycles. The van der Waals surface area contributed by atoms with Gasteiger partial charge in [-0.05, 0) is 58.0 Å². The van der Waals surface area contributed by atoms with E-state index < -0.39 is 0 Å². The number of carbonyl (C=O) groups is 1. The van der Waals surface area contributed by atoms with Crippen molar-refractivity contribution < 1.29 is 14.3 Å². The Morgan fingerprint density at radius 1 is 1.39 bits per heavy atom. The molecular weight excluding hydrogens is 292 g/mol. The van der Waals surface area contributed by atoms with E-state index >= 15 is 0 Å². The summed E-state index contributed by atoms with van der Waals surface area (Å²) in [6.45, 7) is 6.40. The van der Waals surface area contributed by atoms with Crippen LogP contribution in [0.15, 0.2) is 18.2 Å². The smallest absolute Gasteiger partial charge is 0.224 e. The number of piperidine rings is 1. The van der Waals surface area contributed by atoms with Crippen LogP contribution in [0.1, 0.15) is 32.3 Å². The number of hydrogen-bond donors (Lipinski definition) is 1. The van der Waals surface area contributed by atoms with E-state index in [1.54, 1.807) is 7.11 Å². The van der Waals surface area contributed by atoms with Crippen molar-refractivity contribution in [1.82, 2.24) is 10.2 Å². The number of amides is 1. The first-order valence-corrected chi connectivity index (χ1v) is 8.29. The maximum absolute atomic E-state index is 12.3. The second-order valence-electron chi connectivity index (χ2n) is 6.47. The SMILES string of the molecule is COc1cc(CNC(=O)[C@@H]2CCCN(C)C2)ccc1OC(C)C. The summed E-state index contributed by atoms with van der Waals surface area (Å²) in [4.78, 5) is 14.5. The molecular formula is C18H28N2O3. The monoisotopic (exact) mass is 320 g/mol. The molecule has 1 atom stereocenters. The molecule has 0 unspecified atom stereocenters. The maximum Gasteiger partial charge on any atom is 0.224 e. The van der Waals surface area contributed by atoms with Crippen LogP contribution in [-0.2, 0) is 11.3 Å². The van der Waals surface area contributed by atoms with Crippen LogP contribution >= 0.6 is 0 Å². The molecule has 0 radical (unpaired) electrons. The van der Waals surface area contributed by atoms with Gasteiger partial charge in [0.25, 0.3) is 0 Å². The molecule has 5 nitrogen and oxygen atoms in total. The first-order chi connectivity index (χ1) is 11.0. The van der Waals surface area contributed by atoms with Crippen LogP contribution in [0, 0.1) is 5.92 Å². The molecule has 1 saturated heterocycles. The summed E-state index contributed by atoms with van der Waals surface area (Å²) in [6, 6.07) is 5.78. The number of rotatable bonds is 6. The van der Waals surface area contributed by atoms with Crippen LogP contribution in [0.3, 0.4) is 0 Å². The minimum Gasteiger partial charge on any atom is -0.493 e. The molecule has 1 amide bonds. The van der Waals surface area contributed by atoms with E-state index in [0.29, 0.717) is 12.3 Å². The number of hydrogen-bond acceptors (Lipinski definition) is 4. The Labute approximate surface area is 139 Å². The van der Waals surface area contributed by atoms with Gasteiger partial charge in [-0.2, -0.15) is 0 Å². The van der Waals surface area contributed by atoms with Crippen molar-refractivity contribution in [3.05, 3.63) is 23.8 Å². The fourth-order valence-electron chi connectivity index (χ4n) is 2.89. The Morgan fingerprint density at radius 3 is 2.83 bits per heavy atom. The molecule has 0 bridgehead atoms. The molecule has 0 aliphatic carbocycles. The van der Waals surface area contributed by atoms with Crippen molar-refractivity contribution in [2.45, 2.75) is 39.3 Å². The highest BCUT2D eigenvalue weighted by molar-refractivity contribution is 5.79. The summed E-state index contributed by atoms with van der Waals surface area (Å²) in [7, 11) is 3.69. The normalized spacial score (nSPS) is 18.7.